The number of aromatic nitrogens is 2. The van der Waals surface area contributed by atoms with Gasteiger partial charge in [-0.2, -0.15) is 5.10 Å². The van der Waals surface area contributed by atoms with E-state index in [9.17, 15) is 4.79 Å². The highest BCUT2D eigenvalue weighted by Gasteiger charge is 2.03. The number of nitrogens with one attached hydrogen (secondary N) is 2. The molecular formula is C13H16N4O2. The Hall–Kier alpha value is -2.18. The first-order valence-corrected chi connectivity index (χ1v) is 5.97. The summed E-state index contributed by atoms with van der Waals surface area (Å²) in [5, 5.41) is 9.51. The second kappa shape index (κ2) is 6.67. The van der Waals surface area contributed by atoms with Crippen LogP contribution in [-0.2, 0) is 9.53 Å². The van der Waals surface area contributed by atoms with Gasteiger partial charge in [0, 0.05) is 18.4 Å². The SMILES string of the molecule is NCCOCC(=O)Nc1ccc(-c2ccn[nH]2)cc1. The summed E-state index contributed by atoms with van der Waals surface area (Å²) in [5.41, 5.74) is 7.94. The monoisotopic (exact) mass is 260 g/mol. The molecule has 0 aliphatic rings. The second-order valence-corrected chi connectivity index (χ2v) is 3.94. The molecule has 4 N–H and O–H groups in total. The number of aromatic amines is 1. The van der Waals surface area contributed by atoms with Crippen molar-refractivity contribution in [3.8, 4) is 11.3 Å². The van der Waals surface area contributed by atoms with Gasteiger partial charge in [-0.25, -0.2) is 0 Å². The van der Waals surface area contributed by atoms with Crippen molar-refractivity contribution < 1.29 is 9.53 Å². The lowest BCUT2D eigenvalue weighted by Crippen LogP contribution is -2.20. The fraction of sp³-hybridized carbons (Fsp3) is 0.231. The van der Waals surface area contributed by atoms with Crippen LogP contribution in [0, 0.1) is 0 Å². The normalized spacial score (nSPS) is 10.4. The molecule has 19 heavy (non-hydrogen) atoms. The van der Waals surface area contributed by atoms with Gasteiger partial charge in [0.1, 0.15) is 6.61 Å². The van der Waals surface area contributed by atoms with Crippen molar-refractivity contribution in [2.75, 3.05) is 25.1 Å². The first-order valence-electron chi connectivity index (χ1n) is 5.97. The molecular weight excluding hydrogens is 244 g/mol. The van der Waals surface area contributed by atoms with Gasteiger partial charge in [-0.3, -0.25) is 9.89 Å². The number of carbonyl (C=O) groups is 1. The van der Waals surface area contributed by atoms with Crippen molar-refractivity contribution in [2.24, 2.45) is 5.73 Å². The maximum absolute atomic E-state index is 11.5. The van der Waals surface area contributed by atoms with Gasteiger partial charge in [-0.15, -0.1) is 0 Å². The first kappa shape index (κ1) is 13.3. The summed E-state index contributed by atoms with van der Waals surface area (Å²) in [6.45, 7) is 0.803. The number of benzene rings is 1. The number of rotatable bonds is 6. The summed E-state index contributed by atoms with van der Waals surface area (Å²) in [6.07, 6.45) is 1.69. The highest BCUT2D eigenvalue weighted by Crippen LogP contribution is 2.18. The summed E-state index contributed by atoms with van der Waals surface area (Å²) in [4.78, 5) is 11.5. The molecule has 1 amide bonds. The molecule has 6 nitrogen and oxygen atoms in total. The number of amides is 1. The highest BCUT2D eigenvalue weighted by molar-refractivity contribution is 5.91. The van der Waals surface area contributed by atoms with Crippen molar-refractivity contribution in [3.05, 3.63) is 36.5 Å². The van der Waals surface area contributed by atoms with Crippen molar-refractivity contribution in [1.29, 1.82) is 0 Å². The van der Waals surface area contributed by atoms with Crippen LogP contribution in [0.3, 0.4) is 0 Å². The number of nitrogens with two attached hydrogens (primary N) is 1. The molecule has 6 heteroatoms. The summed E-state index contributed by atoms with van der Waals surface area (Å²) in [7, 11) is 0. The van der Waals surface area contributed by atoms with Crippen LogP contribution in [0.4, 0.5) is 5.69 Å². The molecule has 0 radical (unpaired) electrons. The maximum atomic E-state index is 11.5. The van der Waals surface area contributed by atoms with E-state index in [1.165, 1.54) is 0 Å². The van der Waals surface area contributed by atoms with E-state index in [1.54, 1.807) is 6.20 Å². The Kier molecular flexibility index (Phi) is 4.66. The van der Waals surface area contributed by atoms with Gasteiger partial charge in [0.25, 0.3) is 0 Å². The van der Waals surface area contributed by atoms with Gasteiger partial charge in [-0.05, 0) is 23.8 Å². The van der Waals surface area contributed by atoms with Gasteiger partial charge in [0.05, 0.1) is 12.3 Å². The van der Waals surface area contributed by atoms with Gasteiger partial charge < -0.3 is 15.8 Å². The standard InChI is InChI=1S/C13H16N4O2/c14-6-8-19-9-13(18)16-11-3-1-10(2-4-11)12-5-7-15-17-12/h1-5,7H,6,8-9,14H2,(H,15,17)(H,16,18). The zero-order valence-corrected chi connectivity index (χ0v) is 10.4. The van der Waals surface area contributed by atoms with E-state index in [1.807, 2.05) is 30.3 Å². The summed E-state index contributed by atoms with van der Waals surface area (Å²) in [5.74, 6) is -0.192. The average Bonchev–Trinajstić information content (AvgIpc) is 2.94. The zero-order chi connectivity index (χ0) is 13.5. The predicted molar refractivity (Wildman–Crippen MR) is 72.5 cm³/mol. The summed E-state index contributed by atoms with van der Waals surface area (Å²) < 4.78 is 5.05. The minimum atomic E-state index is -0.192. The first-order chi connectivity index (χ1) is 9.29. The van der Waals surface area contributed by atoms with E-state index in [0.29, 0.717) is 13.2 Å². The third-order valence-electron chi connectivity index (χ3n) is 2.48. The molecule has 0 aliphatic heterocycles. The Balaban J connectivity index is 1.90. The van der Waals surface area contributed by atoms with Gasteiger partial charge in [-0.1, -0.05) is 12.1 Å². The maximum Gasteiger partial charge on any atom is 0.250 e. The van der Waals surface area contributed by atoms with E-state index >= 15 is 0 Å². The number of H-pyrrole nitrogens is 1. The largest absolute Gasteiger partial charge is 0.370 e. The molecule has 0 unspecified atom stereocenters. The molecule has 1 heterocycles. The van der Waals surface area contributed by atoms with Crippen LogP contribution < -0.4 is 11.1 Å². The fourth-order valence-corrected chi connectivity index (χ4v) is 1.60. The lowest BCUT2D eigenvalue weighted by atomic mass is 10.1. The van der Waals surface area contributed by atoms with E-state index in [0.717, 1.165) is 16.9 Å². The molecule has 100 valence electrons. The van der Waals surface area contributed by atoms with Gasteiger partial charge in [0.15, 0.2) is 0 Å². The number of hydrogen-bond donors (Lipinski definition) is 3. The van der Waals surface area contributed by atoms with Crippen LogP contribution in [0.25, 0.3) is 11.3 Å². The minimum Gasteiger partial charge on any atom is -0.370 e. The van der Waals surface area contributed by atoms with Crippen molar-refractivity contribution in [2.45, 2.75) is 0 Å². The van der Waals surface area contributed by atoms with Crippen LogP contribution >= 0.6 is 0 Å². The van der Waals surface area contributed by atoms with Crippen molar-refractivity contribution >= 4 is 11.6 Å². The van der Waals surface area contributed by atoms with Crippen LogP contribution in [0.15, 0.2) is 36.5 Å². The summed E-state index contributed by atoms with van der Waals surface area (Å²) >= 11 is 0. The fourth-order valence-electron chi connectivity index (χ4n) is 1.60. The molecule has 0 aliphatic carbocycles. The number of anilines is 1. The van der Waals surface area contributed by atoms with E-state index in [-0.39, 0.29) is 12.5 Å². The Labute approximate surface area is 111 Å². The molecule has 1 aromatic carbocycles. The average molecular weight is 260 g/mol. The molecule has 0 bridgehead atoms. The molecule has 0 spiro atoms. The van der Waals surface area contributed by atoms with Crippen LogP contribution in [0.2, 0.25) is 0 Å². The zero-order valence-electron chi connectivity index (χ0n) is 10.4. The number of nitrogens with zero attached hydrogens (tertiary/aromatic N) is 1. The molecule has 0 atom stereocenters. The third-order valence-corrected chi connectivity index (χ3v) is 2.48. The molecule has 2 rings (SSSR count). The molecule has 0 fully saturated rings. The van der Waals surface area contributed by atoms with E-state index in [4.69, 9.17) is 10.5 Å². The third kappa shape index (κ3) is 3.90. The van der Waals surface area contributed by atoms with Crippen molar-refractivity contribution in [1.82, 2.24) is 10.2 Å². The Bertz CT molecular complexity index is 508. The smallest absolute Gasteiger partial charge is 0.250 e. The van der Waals surface area contributed by atoms with Gasteiger partial charge in [0.2, 0.25) is 5.91 Å². The van der Waals surface area contributed by atoms with E-state index < -0.39 is 0 Å². The number of ether oxygens (including phenoxy) is 1. The quantitative estimate of drug-likeness (QED) is 0.675. The lowest BCUT2D eigenvalue weighted by molar-refractivity contribution is -0.120. The van der Waals surface area contributed by atoms with E-state index in [2.05, 4.69) is 15.5 Å². The molecule has 0 saturated carbocycles. The highest BCUT2D eigenvalue weighted by atomic mass is 16.5. The Morgan fingerprint density at radius 1 is 1.32 bits per heavy atom. The second-order valence-electron chi connectivity index (χ2n) is 3.94. The Morgan fingerprint density at radius 3 is 2.74 bits per heavy atom. The predicted octanol–water partition coefficient (Wildman–Crippen LogP) is 0.990. The minimum absolute atomic E-state index is 0.0134. The molecule has 2 aromatic rings. The van der Waals surface area contributed by atoms with Crippen LogP contribution in [0.5, 0.6) is 0 Å². The van der Waals surface area contributed by atoms with Crippen molar-refractivity contribution in [3.63, 3.8) is 0 Å². The van der Waals surface area contributed by atoms with Gasteiger partial charge >= 0.3 is 0 Å². The van der Waals surface area contributed by atoms with Crippen LogP contribution in [0.1, 0.15) is 0 Å². The topological polar surface area (TPSA) is 93.0 Å². The Morgan fingerprint density at radius 2 is 2.11 bits per heavy atom. The number of hydrogen-bond acceptors (Lipinski definition) is 4. The van der Waals surface area contributed by atoms with Crippen LogP contribution in [-0.4, -0.2) is 35.9 Å². The molecule has 0 saturated heterocycles. The number of carbonyl (C=O) groups excluding carboxylic acids is 1. The molecule has 1 aromatic heterocycles. The lowest BCUT2D eigenvalue weighted by Gasteiger charge is -2.06. The summed E-state index contributed by atoms with van der Waals surface area (Å²) in [6, 6.07) is 9.36.